The number of hydrogen-bond acceptors (Lipinski definition) is 3. The Labute approximate surface area is 131 Å². The van der Waals surface area contributed by atoms with Gasteiger partial charge in [-0.1, -0.05) is 0 Å². The van der Waals surface area contributed by atoms with Crippen LogP contribution in [0.5, 0.6) is 5.75 Å². The molecule has 1 rings (SSSR count). The molecule has 0 amide bonds. The number of halogens is 7. The predicted molar refractivity (Wildman–Crippen MR) is 71.5 cm³/mol. The Balaban J connectivity index is 2.81. The number of hydrogen-bond donors (Lipinski definition) is 1. The number of rotatable bonds is 7. The number of methoxy groups -OCH3 is 1. The number of ketones is 1. The number of carbonyl (C=O) groups excluding carboxylic acids is 1. The van der Waals surface area contributed by atoms with Gasteiger partial charge in [0.1, 0.15) is 5.75 Å². The number of benzene rings is 1. The fourth-order valence-electron chi connectivity index (χ4n) is 1.34. The first-order valence-electron chi connectivity index (χ1n) is 5.87. The quantitative estimate of drug-likeness (QED) is 0.447. The molecule has 10 heteroatoms. The summed E-state index contributed by atoms with van der Waals surface area (Å²) in [6, 6.07) is 5.87. The van der Waals surface area contributed by atoms with Gasteiger partial charge in [-0.3, -0.25) is 4.79 Å². The summed E-state index contributed by atoms with van der Waals surface area (Å²) in [4.78, 5) is 11.1. The Morgan fingerprint density at radius 2 is 1.65 bits per heavy atom. The lowest BCUT2D eigenvalue weighted by Gasteiger charge is -2.27. The first-order valence-corrected chi connectivity index (χ1v) is 6.25. The van der Waals surface area contributed by atoms with Crippen LogP contribution < -0.4 is 10.1 Å². The van der Waals surface area contributed by atoms with Crippen LogP contribution in [0.4, 0.5) is 32.0 Å². The molecular weight excluding hydrogens is 352 g/mol. The SMILES string of the molecule is COc1ccc(N/C=C\C(=O)C(F)(F)C(F)(F)C(F)(F)Cl)cc1. The number of ether oxygens (including phenoxy) is 1. The molecule has 0 aliphatic rings. The van der Waals surface area contributed by atoms with E-state index in [-0.39, 0.29) is 6.08 Å². The number of anilines is 1. The summed E-state index contributed by atoms with van der Waals surface area (Å²) >= 11 is 3.94. The van der Waals surface area contributed by atoms with Crippen molar-refractivity contribution in [3.05, 3.63) is 36.5 Å². The third-order valence-corrected chi connectivity index (χ3v) is 2.87. The lowest BCUT2D eigenvalue weighted by molar-refractivity contribution is -0.266. The maximum atomic E-state index is 13.2. The van der Waals surface area contributed by atoms with E-state index in [1.165, 1.54) is 31.4 Å². The molecule has 0 saturated carbocycles. The predicted octanol–water partition coefficient (Wildman–Crippen LogP) is 4.29. The van der Waals surface area contributed by atoms with Crippen LogP contribution in [-0.2, 0) is 4.79 Å². The third kappa shape index (κ3) is 4.10. The highest BCUT2D eigenvalue weighted by Gasteiger charge is 2.73. The van der Waals surface area contributed by atoms with Gasteiger partial charge in [-0.25, -0.2) is 0 Å². The lowest BCUT2D eigenvalue weighted by atomic mass is 10.1. The Morgan fingerprint density at radius 3 is 2.09 bits per heavy atom. The van der Waals surface area contributed by atoms with Crippen molar-refractivity contribution in [2.75, 3.05) is 12.4 Å². The molecule has 0 atom stereocenters. The highest BCUT2D eigenvalue weighted by atomic mass is 35.5. The summed E-state index contributed by atoms with van der Waals surface area (Å²) in [6.45, 7) is 0. The molecule has 0 bridgehead atoms. The third-order valence-electron chi connectivity index (χ3n) is 2.63. The number of nitrogens with one attached hydrogen (secondary N) is 1. The minimum atomic E-state index is -6.04. The van der Waals surface area contributed by atoms with Crippen LogP contribution in [0.3, 0.4) is 0 Å². The molecule has 23 heavy (non-hydrogen) atoms. The molecule has 0 unspecified atom stereocenters. The van der Waals surface area contributed by atoms with Crippen molar-refractivity contribution in [2.24, 2.45) is 0 Å². The number of carbonyl (C=O) groups is 1. The summed E-state index contributed by atoms with van der Waals surface area (Å²) in [7, 11) is 1.41. The molecule has 0 fully saturated rings. The maximum Gasteiger partial charge on any atom is 0.394 e. The van der Waals surface area contributed by atoms with Crippen molar-refractivity contribution in [1.29, 1.82) is 0 Å². The topological polar surface area (TPSA) is 38.3 Å². The van der Waals surface area contributed by atoms with Crippen LogP contribution in [0.15, 0.2) is 36.5 Å². The number of allylic oxidation sites excluding steroid dienone is 1. The van der Waals surface area contributed by atoms with Gasteiger partial charge in [0.05, 0.1) is 7.11 Å². The molecule has 0 aliphatic heterocycles. The second-order valence-electron chi connectivity index (χ2n) is 4.22. The van der Waals surface area contributed by atoms with Crippen molar-refractivity contribution in [1.82, 2.24) is 0 Å². The number of alkyl halides is 7. The Hall–Kier alpha value is -1.90. The van der Waals surface area contributed by atoms with E-state index in [4.69, 9.17) is 4.74 Å². The smallest absolute Gasteiger partial charge is 0.394 e. The summed E-state index contributed by atoms with van der Waals surface area (Å²) in [6.07, 6.45) is 0.626. The standard InChI is InChI=1S/C13H10ClF6NO2/c1-23-9-4-2-8(3-5-9)21-7-6-10(22)11(15,16)12(17,18)13(14,19)20/h2-7,21H,1H3/b7-6-. The Morgan fingerprint density at radius 1 is 1.13 bits per heavy atom. The van der Waals surface area contributed by atoms with Gasteiger partial charge in [-0.05, 0) is 35.9 Å². The maximum absolute atomic E-state index is 13.2. The second kappa shape index (κ2) is 6.69. The molecule has 0 aliphatic carbocycles. The first-order chi connectivity index (χ1) is 10.4. The minimum absolute atomic E-state index is 0.0147. The van der Waals surface area contributed by atoms with E-state index in [0.29, 0.717) is 17.6 Å². The van der Waals surface area contributed by atoms with Crippen LogP contribution in [0.1, 0.15) is 0 Å². The van der Waals surface area contributed by atoms with E-state index >= 15 is 0 Å². The van der Waals surface area contributed by atoms with Gasteiger partial charge in [0.25, 0.3) is 0 Å². The Kier molecular flexibility index (Phi) is 5.57. The van der Waals surface area contributed by atoms with Gasteiger partial charge in [0, 0.05) is 18.0 Å². The van der Waals surface area contributed by atoms with Crippen molar-refractivity contribution in [2.45, 2.75) is 17.2 Å². The molecule has 0 saturated heterocycles. The van der Waals surface area contributed by atoms with E-state index in [1.54, 1.807) is 0 Å². The van der Waals surface area contributed by atoms with Crippen LogP contribution in [0, 0.1) is 0 Å². The van der Waals surface area contributed by atoms with Gasteiger partial charge < -0.3 is 10.1 Å². The van der Waals surface area contributed by atoms with E-state index < -0.39 is 23.0 Å². The zero-order valence-electron chi connectivity index (χ0n) is 11.4. The summed E-state index contributed by atoms with van der Waals surface area (Å²) < 4.78 is 81.6. The monoisotopic (exact) mass is 361 g/mol. The highest BCUT2D eigenvalue weighted by molar-refractivity contribution is 6.22. The zero-order chi connectivity index (χ0) is 17.9. The van der Waals surface area contributed by atoms with E-state index in [0.717, 1.165) is 0 Å². The van der Waals surface area contributed by atoms with Gasteiger partial charge in [-0.2, -0.15) is 26.3 Å². The Bertz CT molecular complexity index is 583. The summed E-state index contributed by atoms with van der Waals surface area (Å²) in [5.74, 6) is -13.7. The molecule has 128 valence electrons. The van der Waals surface area contributed by atoms with Gasteiger partial charge in [0.2, 0.25) is 5.78 Å². The van der Waals surface area contributed by atoms with Crippen molar-refractivity contribution >= 4 is 23.1 Å². The largest absolute Gasteiger partial charge is 0.497 e. The molecule has 0 radical (unpaired) electrons. The average molecular weight is 362 g/mol. The molecule has 1 N–H and O–H groups in total. The molecule has 1 aromatic rings. The van der Waals surface area contributed by atoms with Crippen LogP contribution in [0.2, 0.25) is 0 Å². The molecule has 0 spiro atoms. The zero-order valence-corrected chi connectivity index (χ0v) is 12.2. The minimum Gasteiger partial charge on any atom is -0.497 e. The fraction of sp³-hybridized carbons (Fsp3) is 0.308. The van der Waals surface area contributed by atoms with Crippen molar-refractivity contribution in [3.63, 3.8) is 0 Å². The van der Waals surface area contributed by atoms with E-state index in [9.17, 15) is 31.1 Å². The normalized spacial score (nSPS) is 13.2. The molecule has 3 nitrogen and oxygen atoms in total. The van der Waals surface area contributed by atoms with Crippen LogP contribution in [0.25, 0.3) is 0 Å². The van der Waals surface area contributed by atoms with Crippen LogP contribution >= 0.6 is 11.6 Å². The van der Waals surface area contributed by atoms with Crippen molar-refractivity contribution in [3.8, 4) is 5.75 Å². The van der Waals surface area contributed by atoms with Gasteiger partial charge >= 0.3 is 17.2 Å². The first kappa shape index (κ1) is 19.1. The lowest BCUT2D eigenvalue weighted by Crippen LogP contribution is -2.55. The molecule has 0 aromatic heterocycles. The molecule has 0 heterocycles. The highest BCUT2D eigenvalue weighted by Crippen LogP contribution is 2.48. The second-order valence-corrected chi connectivity index (χ2v) is 4.69. The van der Waals surface area contributed by atoms with Crippen LogP contribution in [-0.4, -0.2) is 30.1 Å². The average Bonchev–Trinajstić information content (AvgIpc) is 2.46. The molecular formula is C13H10ClF6NO2. The summed E-state index contributed by atoms with van der Waals surface area (Å²) in [5.41, 5.74) is 0.313. The van der Waals surface area contributed by atoms with Gasteiger partial charge in [-0.15, -0.1) is 0 Å². The molecule has 1 aromatic carbocycles. The van der Waals surface area contributed by atoms with Crippen molar-refractivity contribution < 1.29 is 35.9 Å². The summed E-state index contributed by atoms with van der Waals surface area (Å²) in [5, 5.41) is -3.25. The van der Waals surface area contributed by atoms with Gasteiger partial charge in [0.15, 0.2) is 0 Å². The van der Waals surface area contributed by atoms with E-state index in [2.05, 4.69) is 16.9 Å². The fourth-order valence-corrected chi connectivity index (χ4v) is 1.46. The van der Waals surface area contributed by atoms with E-state index in [1.807, 2.05) is 0 Å².